The highest BCUT2D eigenvalue weighted by molar-refractivity contribution is 5.82. The second-order valence-corrected chi connectivity index (χ2v) is 5.90. The SMILES string of the molecule is CC(C)CN1CCOC[C@@H]1C(=O)NCc1c(F)cccc1F. The Kier molecular flexibility index (Phi) is 5.85. The van der Waals surface area contributed by atoms with Crippen LogP contribution in [-0.2, 0) is 16.1 Å². The van der Waals surface area contributed by atoms with Crippen molar-refractivity contribution in [3.05, 3.63) is 35.4 Å². The monoisotopic (exact) mass is 312 g/mol. The molecule has 0 aliphatic carbocycles. The van der Waals surface area contributed by atoms with E-state index in [2.05, 4.69) is 24.1 Å². The summed E-state index contributed by atoms with van der Waals surface area (Å²) in [6, 6.07) is 3.25. The summed E-state index contributed by atoms with van der Waals surface area (Å²) in [5.74, 6) is -1.14. The van der Waals surface area contributed by atoms with Crippen LogP contribution in [0, 0.1) is 17.6 Å². The standard InChI is InChI=1S/C16H22F2N2O2/c1-11(2)9-20-6-7-22-10-15(20)16(21)19-8-12-13(17)4-3-5-14(12)18/h3-5,11,15H,6-10H2,1-2H3,(H,19,21)/t15-/m1/s1. The van der Waals surface area contributed by atoms with Gasteiger partial charge < -0.3 is 10.1 Å². The average molecular weight is 312 g/mol. The van der Waals surface area contributed by atoms with Gasteiger partial charge in [-0.25, -0.2) is 8.78 Å². The van der Waals surface area contributed by atoms with Gasteiger partial charge in [0.25, 0.3) is 0 Å². The lowest BCUT2D eigenvalue weighted by Gasteiger charge is -2.35. The van der Waals surface area contributed by atoms with Crippen LogP contribution in [0.5, 0.6) is 0 Å². The van der Waals surface area contributed by atoms with Gasteiger partial charge in [-0.1, -0.05) is 19.9 Å². The molecule has 0 spiro atoms. The van der Waals surface area contributed by atoms with Crippen molar-refractivity contribution in [3.8, 4) is 0 Å². The molecule has 0 radical (unpaired) electrons. The number of carbonyl (C=O) groups excluding carboxylic acids is 1. The predicted octanol–water partition coefficient (Wildman–Crippen LogP) is 1.94. The molecule has 0 bridgehead atoms. The number of rotatable bonds is 5. The molecule has 122 valence electrons. The highest BCUT2D eigenvalue weighted by Gasteiger charge is 2.29. The molecule has 0 saturated carbocycles. The fourth-order valence-electron chi connectivity index (χ4n) is 2.56. The quantitative estimate of drug-likeness (QED) is 0.903. The number of morpholine rings is 1. The van der Waals surface area contributed by atoms with E-state index in [-0.39, 0.29) is 18.0 Å². The van der Waals surface area contributed by atoms with E-state index >= 15 is 0 Å². The number of amides is 1. The summed E-state index contributed by atoms with van der Waals surface area (Å²) in [6.07, 6.45) is 0. The molecular weight excluding hydrogens is 290 g/mol. The third kappa shape index (κ3) is 4.24. The van der Waals surface area contributed by atoms with Crippen molar-refractivity contribution >= 4 is 5.91 Å². The number of carbonyl (C=O) groups is 1. The van der Waals surface area contributed by atoms with Crippen molar-refractivity contribution < 1.29 is 18.3 Å². The number of nitrogens with zero attached hydrogens (tertiary/aromatic N) is 1. The van der Waals surface area contributed by atoms with E-state index in [1.54, 1.807) is 0 Å². The van der Waals surface area contributed by atoms with Gasteiger partial charge in [-0.05, 0) is 18.1 Å². The molecule has 1 N–H and O–H groups in total. The fraction of sp³-hybridized carbons (Fsp3) is 0.562. The van der Waals surface area contributed by atoms with Gasteiger partial charge in [0.05, 0.1) is 13.2 Å². The maximum atomic E-state index is 13.6. The van der Waals surface area contributed by atoms with Gasteiger partial charge in [-0.3, -0.25) is 9.69 Å². The van der Waals surface area contributed by atoms with Crippen LogP contribution in [0.4, 0.5) is 8.78 Å². The molecule has 1 amide bonds. The lowest BCUT2D eigenvalue weighted by molar-refractivity contribution is -0.133. The van der Waals surface area contributed by atoms with Gasteiger partial charge in [-0.15, -0.1) is 0 Å². The van der Waals surface area contributed by atoms with Crippen molar-refractivity contribution in [1.82, 2.24) is 10.2 Å². The van der Waals surface area contributed by atoms with Crippen LogP contribution in [0.3, 0.4) is 0 Å². The maximum Gasteiger partial charge on any atom is 0.240 e. The second kappa shape index (κ2) is 7.65. The van der Waals surface area contributed by atoms with E-state index in [0.29, 0.717) is 25.7 Å². The lowest BCUT2D eigenvalue weighted by atomic mass is 10.1. The first kappa shape index (κ1) is 16.8. The van der Waals surface area contributed by atoms with Crippen LogP contribution in [0.15, 0.2) is 18.2 Å². The van der Waals surface area contributed by atoms with Crippen molar-refractivity contribution in [3.63, 3.8) is 0 Å². The molecule has 2 rings (SSSR count). The molecule has 1 atom stereocenters. The van der Waals surface area contributed by atoms with Crippen LogP contribution >= 0.6 is 0 Å². The van der Waals surface area contributed by atoms with E-state index in [9.17, 15) is 13.6 Å². The third-order valence-corrected chi connectivity index (χ3v) is 3.64. The van der Waals surface area contributed by atoms with E-state index in [0.717, 1.165) is 6.54 Å². The van der Waals surface area contributed by atoms with Crippen LogP contribution < -0.4 is 5.32 Å². The Morgan fingerprint density at radius 3 is 2.73 bits per heavy atom. The molecule has 0 aromatic heterocycles. The first-order valence-electron chi connectivity index (χ1n) is 7.51. The molecule has 1 saturated heterocycles. The van der Waals surface area contributed by atoms with Crippen molar-refractivity contribution in [1.29, 1.82) is 0 Å². The second-order valence-electron chi connectivity index (χ2n) is 5.90. The fourth-order valence-corrected chi connectivity index (χ4v) is 2.56. The summed E-state index contributed by atoms with van der Waals surface area (Å²) in [4.78, 5) is 14.4. The Bertz CT molecular complexity index is 503. The topological polar surface area (TPSA) is 41.6 Å². The minimum Gasteiger partial charge on any atom is -0.378 e. The number of hydrogen-bond donors (Lipinski definition) is 1. The zero-order chi connectivity index (χ0) is 16.1. The Balaban J connectivity index is 1.98. The third-order valence-electron chi connectivity index (χ3n) is 3.64. The summed E-state index contributed by atoms with van der Waals surface area (Å²) in [5, 5.41) is 2.61. The average Bonchev–Trinajstić information content (AvgIpc) is 2.46. The molecule has 1 heterocycles. The smallest absolute Gasteiger partial charge is 0.240 e. The Morgan fingerprint density at radius 1 is 1.41 bits per heavy atom. The van der Waals surface area contributed by atoms with Gasteiger partial charge in [0.2, 0.25) is 5.91 Å². The lowest BCUT2D eigenvalue weighted by Crippen LogP contribution is -2.54. The van der Waals surface area contributed by atoms with Gasteiger partial charge in [0.15, 0.2) is 0 Å². The number of hydrogen-bond acceptors (Lipinski definition) is 3. The van der Waals surface area contributed by atoms with Gasteiger partial charge in [0.1, 0.15) is 17.7 Å². The highest BCUT2D eigenvalue weighted by atomic mass is 19.1. The molecule has 6 heteroatoms. The summed E-state index contributed by atoms with van der Waals surface area (Å²) in [6.45, 7) is 6.37. The van der Waals surface area contributed by atoms with Gasteiger partial charge in [-0.2, -0.15) is 0 Å². The van der Waals surface area contributed by atoms with E-state index in [1.165, 1.54) is 18.2 Å². The first-order valence-corrected chi connectivity index (χ1v) is 7.51. The van der Waals surface area contributed by atoms with E-state index in [4.69, 9.17) is 4.74 Å². The largest absolute Gasteiger partial charge is 0.378 e. The van der Waals surface area contributed by atoms with Gasteiger partial charge in [0, 0.05) is 25.2 Å². The van der Waals surface area contributed by atoms with Crippen LogP contribution in [0.25, 0.3) is 0 Å². The number of nitrogens with one attached hydrogen (secondary N) is 1. The number of halogens is 2. The van der Waals surface area contributed by atoms with Crippen molar-refractivity contribution in [2.24, 2.45) is 5.92 Å². The number of ether oxygens (including phenoxy) is 1. The van der Waals surface area contributed by atoms with E-state index in [1.807, 2.05) is 0 Å². The Hall–Kier alpha value is -1.53. The van der Waals surface area contributed by atoms with Crippen LogP contribution in [0.2, 0.25) is 0 Å². The van der Waals surface area contributed by atoms with Crippen LogP contribution in [-0.4, -0.2) is 43.2 Å². The molecular formula is C16H22F2N2O2. The Labute approximate surface area is 129 Å². The molecule has 1 aliphatic heterocycles. The molecule has 1 aliphatic rings. The van der Waals surface area contributed by atoms with Crippen molar-refractivity contribution in [2.75, 3.05) is 26.3 Å². The molecule has 1 fully saturated rings. The number of benzene rings is 1. The summed E-state index contributed by atoms with van der Waals surface area (Å²) < 4.78 is 32.5. The molecule has 4 nitrogen and oxygen atoms in total. The van der Waals surface area contributed by atoms with Crippen molar-refractivity contribution in [2.45, 2.75) is 26.4 Å². The molecule has 1 aromatic carbocycles. The molecule has 0 unspecified atom stereocenters. The van der Waals surface area contributed by atoms with E-state index < -0.39 is 17.7 Å². The summed E-state index contributed by atoms with van der Waals surface area (Å²) >= 11 is 0. The molecule has 1 aromatic rings. The maximum absolute atomic E-state index is 13.6. The summed E-state index contributed by atoms with van der Waals surface area (Å²) in [7, 11) is 0. The summed E-state index contributed by atoms with van der Waals surface area (Å²) in [5.41, 5.74) is -0.122. The highest BCUT2D eigenvalue weighted by Crippen LogP contribution is 2.13. The zero-order valence-corrected chi connectivity index (χ0v) is 12.9. The minimum atomic E-state index is -0.653. The zero-order valence-electron chi connectivity index (χ0n) is 12.9. The minimum absolute atomic E-state index is 0.122. The first-order chi connectivity index (χ1) is 10.5. The van der Waals surface area contributed by atoms with Gasteiger partial charge >= 0.3 is 0 Å². The Morgan fingerprint density at radius 2 is 2.09 bits per heavy atom. The normalized spacial score (nSPS) is 19.4. The molecule has 22 heavy (non-hydrogen) atoms. The van der Waals surface area contributed by atoms with Crippen LogP contribution in [0.1, 0.15) is 19.4 Å². The predicted molar refractivity (Wildman–Crippen MR) is 79.2 cm³/mol.